The second-order valence-electron chi connectivity index (χ2n) is 5.30. The highest BCUT2D eigenvalue weighted by Gasteiger charge is 2.34. The van der Waals surface area contributed by atoms with E-state index in [1.54, 1.807) is 18.3 Å². The van der Waals surface area contributed by atoms with Gasteiger partial charge in [-0.2, -0.15) is 4.31 Å². The molecule has 2 heterocycles. The molecule has 0 aliphatic carbocycles. The molecule has 1 aromatic heterocycles. The van der Waals surface area contributed by atoms with Gasteiger partial charge in [-0.3, -0.25) is 0 Å². The van der Waals surface area contributed by atoms with E-state index in [2.05, 4.69) is 15.2 Å². The van der Waals surface area contributed by atoms with Crippen LogP contribution in [0.25, 0.3) is 0 Å². The van der Waals surface area contributed by atoms with Gasteiger partial charge in [-0.25, -0.2) is 13.4 Å². The van der Waals surface area contributed by atoms with Crippen molar-refractivity contribution < 1.29 is 8.42 Å². The van der Waals surface area contributed by atoms with Crippen LogP contribution in [0, 0.1) is 0 Å². The minimum absolute atomic E-state index is 0.136. The zero-order valence-corrected chi connectivity index (χ0v) is 13.0. The van der Waals surface area contributed by atoms with Crippen LogP contribution >= 0.6 is 0 Å². The van der Waals surface area contributed by atoms with Crippen molar-refractivity contribution in [1.82, 2.24) is 19.5 Å². The second kappa shape index (κ2) is 6.17. The molecule has 6 nitrogen and oxygen atoms in total. The Morgan fingerprint density at radius 3 is 2.70 bits per heavy atom. The molecule has 0 saturated carbocycles. The molecule has 1 fully saturated rings. The summed E-state index contributed by atoms with van der Waals surface area (Å²) in [4.78, 5) is 6.17. The first-order chi connectivity index (χ1) is 9.45. The second-order valence-corrected chi connectivity index (χ2v) is 7.19. The molecule has 1 aliphatic heterocycles. The van der Waals surface area contributed by atoms with Gasteiger partial charge in [0.2, 0.25) is 0 Å². The zero-order valence-electron chi connectivity index (χ0n) is 12.2. The van der Waals surface area contributed by atoms with Gasteiger partial charge in [-0.1, -0.05) is 6.07 Å². The first kappa shape index (κ1) is 15.4. The lowest BCUT2D eigenvalue weighted by molar-refractivity contribution is 0.302. The van der Waals surface area contributed by atoms with E-state index in [-0.39, 0.29) is 11.1 Å². The van der Waals surface area contributed by atoms with Gasteiger partial charge in [0.05, 0.1) is 0 Å². The molecule has 0 bridgehead atoms. The Bertz CT molecular complexity index is 542. The molecular weight excluding hydrogens is 276 g/mol. The molecule has 1 N–H and O–H groups in total. The Kier molecular flexibility index (Phi) is 4.74. The average Bonchev–Trinajstić information content (AvgIpc) is 2.90. The van der Waals surface area contributed by atoms with Gasteiger partial charge in [-0.05, 0) is 39.2 Å². The summed E-state index contributed by atoms with van der Waals surface area (Å²) in [6.45, 7) is 1.78. The molecule has 0 amide bonds. The normalized spacial score (nSPS) is 20.7. The highest BCUT2D eigenvalue weighted by atomic mass is 32.2. The van der Waals surface area contributed by atoms with Crippen molar-refractivity contribution in [3.05, 3.63) is 23.9 Å². The maximum absolute atomic E-state index is 12.5. The number of nitrogens with one attached hydrogen (secondary N) is 1. The van der Waals surface area contributed by atoms with E-state index in [4.69, 9.17) is 0 Å². The van der Waals surface area contributed by atoms with Crippen LogP contribution in [0.2, 0.25) is 0 Å². The minimum atomic E-state index is -3.46. The minimum Gasteiger partial charge on any atom is -0.316 e. The molecular formula is C13H22N4O2S. The predicted molar refractivity (Wildman–Crippen MR) is 77.9 cm³/mol. The highest BCUT2D eigenvalue weighted by molar-refractivity contribution is 7.89. The molecule has 7 heteroatoms. The van der Waals surface area contributed by atoms with Crippen molar-refractivity contribution in [2.24, 2.45) is 0 Å². The maximum Gasteiger partial charge on any atom is 0.260 e. The van der Waals surface area contributed by atoms with Gasteiger partial charge in [0, 0.05) is 31.9 Å². The molecule has 1 aliphatic rings. The van der Waals surface area contributed by atoms with E-state index in [1.807, 2.05) is 21.1 Å². The quantitative estimate of drug-likeness (QED) is 0.837. The smallest absolute Gasteiger partial charge is 0.260 e. The van der Waals surface area contributed by atoms with Crippen molar-refractivity contribution in [3.8, 4) is 0 Å². The lowest BCUT2D eigenvalue weighted by atomic mass is 10.2. The van der Waals surface area contributed by atoms with Crippen LogP contribution in [0.3, 0.4) is 0 Å². The molecule has 1 atom stereocenters. The Balaban J connectivity index is 2.14. The number of hydrogen-bond acceptors (Lipinski definition) is 5. The summed E-state index contributed by atoms with van der Waals surface area (Å²) in [6, 6.07) is 3.68. The fourth-order valence-corrected chi connectivity index (χ4v) is 3.76. The van der Waals surface area contributed by atoms with E-state index in [0.717, 1.165) is 12.0 Å². The van der Waals surface area contributed by atoms with Gasteiger partial charge < -0.3 is 10.2 Å². The maximum atomic E-state index is 12.5. The summed E-state index contributed by atoms with van der Waals surface area (Å²) < 4.78 is 26.5. The summed E-state index contributed by atoms with van der Waals surface area (Å²) in [7, 11) is 2.34. The summed E-state index contributed by atoms with van der Waals surface area (Å²) >= 11 is 0. The fourth-order valence-electron chi connectivity index (χ4n) is 2.35. The average molecular weight is 298 g/mol. The van der Waals surface area contributed by atoms with Crippen LogP contribution < -0.4 is 5.32 Å². The van der Waals surface area contributed by atoms with Gasteiger partial charge in [0.15, 0.2) is 5.03 Å². The Morgan fingerprint density at radius 2 is 2.20 bits per heavy atom. The van der Waals surface area contributed by atoms with Crippen LogP contribution in [0.5, 0.6) is 0 Å². The molecule has 2 rings (SSSR count). The number of aromatic nitrogens is 1. The highest BCUT2D eigenvalue weighted by Crippen LogP contribution is 2.21. The first-order valence-electron chi connectivity index (χ1n) is 6.71. The Hall–Kier alpha value is -1.02. The molecule has 20 heavy (non-hydrogen) atoms. The van der Waals surface area contributed by atoms with Crippen LogP contribution in [-0.2, 0) is 16.6 Å². The molecule has 1 saturated heterocycles. The van der Waals surface area contributed by atoms with E-state index in [1.165, 1.54) is 4.31 Å². The number of pyridine rings is 1. The van der Waals surface area contributed by atoms with Gasteiger partial charge in [0.1, 0.15) is 0 Å². The Morgan fingerprint density at radius 1 is 1.45 bits per heavy atom. The Labute approximate surface area is 120 Å². The number of nitrogens with zero attached hydrogens (tertiary/aromatic N) is 3. The fraction of sp³-hybridized carbons (Fsp3) is 0.615. The number of likely N-dealkylation sites (N-methyl/N-ethyl adjacent to an activating group) is 1. The molecule has 1 aromatic rings. The summed E-state index contributed by atoms with van der Waals surface area (Å²) in [5, 5.41) is 3.15. The van der Waals surface area contributed by atoms with Crippen molar-refractivity contribution >= 4 is 10.0 Å². The third kappa shape index (κ3) is 3.17. The van der Waals surface area contributed by atoms with Crippen LogP contribution in [0.15, 0.2) is 23.4 Å². The topological polar surface area (TPSA) is 65.5 Å². The third-order valence-corrected chi connectivity index (χ3v) is 5.42. The van der Waals surface area contributed by atoms with Crippen molar-refractivity contribution in [1.29, 1.82) is 0 Å². The SMILES string of the molecule is CNCc1ccc(S(=O)(=O)N2CCC(N(C)C)C2)nc1. The lowest BCUT2D eigenvalue weighted by Gasteiger charge is -2.20. The number of hydrogen-bond donors (Lipinski definition) is 1. The summed E-state index contributed by atoms with van der Waals surface area (Å²) in [5.41, 5.74) is 0.971. The van der Waals surface area contributed by atoms with E-state index in [9.17, 15) is 8.42 Å². The molecule has 1 unspecified atom stereocenters. The van der Waals surface area contributed by atoms with Crippen LogP contribution in [-0.4, -0.2) is 62.9 Å². The van der Waals surface area contributed by atoms with E-state index in [0.29, 0.717) is 19.6 Å². The van der Waals surface area contributed by atoms with Crippen LogP contribution in [0.4, 0.5) is 0 Å². The predicted octanol–water partition coefficient (Wildman–Crippen LogP) is 0.126. The van der Waals surface area contributed by atoms with Gasteiger partial charge >= 0.3 is 0 Å². The van der Waals surface area contributed by atoms with Crippen LogP contribution in [0.1, 0.15) is 12.0 Å². The summed E-state index contributed by atoms with van der Waals surface area (Å²) in [5.74, 6) is 0. The van der Waals surface area contributed by atoms with Gasteiger partial charge in [0.25, 0.3) is 10.0 Å². The molecule has 0 radical (unpaired) electrons. The zero-order chi connectivity index (χ0) is 14.8. The first-order valence-corrected chi connectivity index (χ1v) is 8.15. The molecule has 0 spiro atoms. The monoisotopic (exact) mass is 298 g/mol. The standard InChI is InChI=1S/C13H22N4O2S/c1-14-8-11-4-5-13(15-9-11)20(18,19)17-7-6-12(10-17)16(2)3/h4-5,9,12,14H,6-8,10H2,1-3H3. The van der Waals surface area contributed by atoms with Crippen molar-refractivity contribution in [2.45, 2.75) is 24.0 Å². The van der Waals surface area contributed by atoms with E-state index >= 15 is 0 Å². The largest absolute Gasteiger partial charge is 0.316 e. The molecule has 0 aromatic carbocycles. The lowest BCUT2D eigenvalue weighted by Crippen LogP contribution is -2.34. The summed E-state index contributed by atoms with van der Waals surface area (Å²) in [6.07, 6.45) is 2.48. The number of sulfonamides is 1. The van der Waals surface area contributed by atoms with Crippen molar-refractivity contribution in [3.63, 3.8) is 0 Å². The number of rotatable bonds is 5. The molecule has 112 valence electrons. The van der Waals surface area contributed by atoms with Crippen molar-refractivity contribution in [2.75, 3.05) is 34.2 Å². The third-order valence-electron chi connectivity index (χ3n) is 3.64. The van der Waals surface area contributed by atoms with E-state index < -0.39 is 10.0 Å². The van der Waals surface area contributed by atoms with Gasteiger partial charge in [-0.15, -0.1) is 0 Å².